The summed E-state index contributed by atoms with van der Waals surface area (Å²) in [7, 11) is 0. The van der Waals surface area contributed by atoms with Gasteiger partial charge in [0.25, 0.3) is 0 Å². The summed E-state index contributed by atoms with van der Waals surface area (Å²) in [5.74, 6) is -1.89. The fraction of sp³-hybridized carbons (Fsp3) is 0.0400. The van der Waals surface area contributed by atoms with Gasteiger partial charge in [-0.15, -0.1) is 0 Å². The zero-order valence-corrected chi connectivity index (χ0v) is 19.5. The maximum absolute atomic E-state index is 12.2. The molecule has 0 aliphatic heterocycles. The van der Waals surface area contributed by atoms with Gasteiger partial charge in [0.1, 0.15) is 5.69 Å². The van der Waals surface area contributed by atoms with Gasteiger partial charge in [-0.05, 0) is 31.2 Å². The number of aryl methyl sites for hydroxylation is 1. The average molecular weight is 492 g/mol. The van der Waals surface area contributed by atoms with E-state index in [0.717, 1.165) is 16.8 Å². The molecule has 7 nitrogen and oxygen atoms in total. The smallest absolute Gasteiger partial charge is 0.316 e. The number of para-hydroxylation sites is 1. The molecule has 0 saturated heterocycles. The van der Waals surface area contributed by atoms with Gasteiger partial charge in [-0.3, -0.25) is 9.59 Å². The summed E-state index contributed by atoms with van der Waals surface area (Å²) in [6.45, 7) is 2.01. The van der Waals surface area contributed by atoms with Crippen LogP contribution in [0.5, 0.6) is 0 Å². The molecule has 9 heteroatoms. The Labute approximate surface area is 206 Å². The van der Waals surface area contributed by atoms with Crippen molar-refractivity contribution in [3.05, 3.63) is 100 Å². The van der Waals surface area contributed by atoms with Crippen molar-refractivity contribution in [1.29, 1.82) is 0 Å². The van der Waals surface area contributed by atoms with Gasteiger partial charge >= 0.3 is 11.8 Å². The molecular weight excluding hydrogens is 473 g/mol. The van der Waals surface area contributed by atoms with Crippen LogP contribution in [-0.4, -0.2) is 27.8 Å². The average Bonchev–Trinajstić information content (AvgIpc) is 3.27. The van der Waals surface area contributed by atoms with Crippen LogP contribution >= 0.6 is 23.2 Å². The number of hydrogen-bond donors (Lipinski definition) is 2. The van der Waals surface area contributed by atoms with E-state index in [2.05, 4.69) is 15.8 Å². The molecule has 170 valence electrons. The van der Waals surface area contributed by atoms with Crippen molar-refractivity contribution in [2.24, 2.45) is 5.10 Å². The van der Waals surface area contributed by atoms with Crippen molar-refractivity contribution in [2.75, 3.05) is 5.32 Å². The molecule has 0 spiro atoms. The zero-order valence-electron chi connectivity index (χ0n) is 18.0. The van der Waals surface area contributed by atoms with Crippen molar-refractivity contribution < 1.29 is 9.59 Å². The lowest BCUT2D eigenvalue weighted by Gasteiger charge is -2.06. The number of carbonyl (C=O) groups excluding carboxylic acids is 2. The molecular formula is C25H19Cl2N5O2. The van der Waals surface area contributed by atoms with Crippen molar-refractivity contribution in [2.45, 2.75) is 6.92 Å². The number of hydrogen-bond acceptors (Lipinski definition) is 4. The molecule has 0 atom stereocenters. The first-order valence-electron chi connectivity index (χ1n) is 10.2. The summed E-state index contributed by atoms with van der Waals surface area (Å²) in [5, 5.41) is 11.5. The standard InChI is InChI=1S/C25H19Cl2N5O2/c1-16-10-12-17(13-11-16)23-18(15-32(31-23)19-6-3-2-4-7-19)14-28-30-25(34)24(33)29-21-9-5-8-20(26)22(21)27/h2-15H,1H3,(H,29,33)(H,30,34)/b28-14-. The lowest BCUT2D eigenvalue weighted by atomic mass is 10.1. The van der Waals surface area contributed by atoms with E-state index in [0.29, 0.717) is 11.3 Å². The molecule has 2 N–H and O–H groups in total. The second-order valence-corrected chi connectivity index (χ2v) is 8.12. The number of halogens is 2. The largest absolute Gasteiger partial charge is 0.329 e. The van der Waals surface area contributed by atoms with Crippen LogP contribution in [0.15, 0.2) is 84.1 Å². The first-order chi connectivity index (χ1) is 16.4. The molecule has 0 bridgehead atoms. The van der Waals surface area contributed by atoms with Crippen LogP contribution in [0.25, 0.3) is 16.9 Å². The molecule has 2 amide bonds. The molecule has 4 aromatic rings. The van der Waals surface area contributed by atoms with Crippen LogP contribution in [0, 0.1) is 6.92 Å². The molecule has 3 aromatic carbocycles. The van der Waals surface area contributed by atoms with E-state index in [1.165, 1.54) is 12.3 Å². The molecule has 0 saturated carbocycles. The minimum absolute atomic E-state index is 0.143. The predicted molar refractivity (Wildman–Crippen MR) is 135 cm³/mol. The molecule has 0 fully saturated rings. The van der Waals surface area contributed by atoms with Crippen LogP contribution in [0.1, 0.15) is 11.1 Å². The van der Waals surface area contributed by atoms with Crippen molar-refractivity contribution in [3.8, 4) is 16.9 Å². The number of hydrazone groups is 1. The normalized spacial score (nSPS) is 10.9. The number of carbonyl (C=O) groups is 2. The highest BCUT2D eigenvalue weighted by atomic mass is 35.5. The van der Waals surface area contributed by atoms with Gasteiger partial charge in [0.15, 0.2) is 0 Å². The summed E-state index contributed by atoms with van der Waals surface area (Å²) in [6, 6.07) is 22.2. The van der Waals surface area contributed by atoms with Crippen molar-refractivity contribution in [3.63, 3.8) is 0 Å². The monoisotopic (exact) mass is 491 g/mol. The maximum atomic E-state index is 12.2. The predicted octanol–water partition coefficient (Wildman–Crippen LogP) is 5.24. The third-order valence-corrected chi connectivity index (χ3v) is 5.68. The quantitative estimate of drug-likeness (QED) is 0.227. The minimum atomic E-state index is -0.959. The Hall–Kier alpha value is -3.94. The van der Waals surface area contributed by atoms with Crippen LogP contribution in [0.3, 0.4) is 0 Å². The molecule has 34 heavy (non-hydrogen) atoms. The Bertz CT molecular complexity index is 1370. The van der Waals surface area contributed by atoms with Crippen LogP contribution in [0.4, 0.5) is 5.69 Å². The fourth-order valence-corrected chi connectivity index (χ4v) is 3.47. The van der Waals surface area contributed by atoms with Gasteiger partial charge < -0.3 is 5.32 Å². The van der Waals surface area contributed by atoms with Crippen LogP contribution in [-0.2, 0) is 9.59 Å². The first kappa shape index (κ1) is 23.2. The number of nitrogens with zero attached hydrogens (tertiary/aromatic N) is 3. The van der Waals surface area contributed by atoms with Crippen LogP contribution in [0.2, 0.25) is 10.0 Å². The Morgan fingerprint density at radius 2 is 1.68 bits per heavy atom. The number of nitrogens with one attached hydrogen (secondary N) is 2. The summed E-state index contributed by atoms with van der Waals surface area (Å²) >= 11 is 12.0. The summed E-state index contributed by atoms with van der Waals surface area (Å²) < 4.78 is 1.73. The number of rotatable bonds is 5. The molecule has 4 rings (SSSR count). The number of aromatic nitrogens is 2. The number of benzene rings is 3. The van der Waals surface area contributed by atoms with E-state index in [9.17, 15) is 9.59 Å². The van der Waals surface area contributed by atoms with E-state index < -0.39 is 11.8 Å². The zero-order chi connectivity index (χ0) is 24.1. The topological polar surface area (TPSA) is 88.4 Å². The first-order valence-corrected chi connectivity index (χ1v) is 11.0. The summed E-state index contributed by atoms with van der Waals surface area (Å²) in [5.41, 5.74) is 6.68. The lowest BCUT2D eigenvalue weighted by molar-refractivity contribution is -0.136. The van der Waals surface area contributed by atoms with Gasteiger partial charge in [0, 0.05) is 17.3 Å². The second kappa shape index (κ2) is 10.3. The Morgan fingerprint density at radius 1 is 0.941 bits per heavy atom. The molecule has 0 aliphatic carbocycles. The SMILES string of the molecule is Cc1ccc(-c2nn(-c3ccccc3)cc2/C=N\NC(=O)C(=O)Nc2cccc(Cl)c2Cl)cc1. The molecule has 0 unspecified atom stereocenters. The highest BCUT2D eigenvalue weighted by Crippen LogP contribution is 2.29. The van der Waals surface area contributed by atoms with E-state index >= 15 is 0 Å². The Balaban J connectivity index is 1.54. The highest BCUT2D eigenvalue weighted by Gasteiger charge is 2.16. The summed E-state index contributed by atoms with van der Waals surface area (Å²) in [4.78, 5) is 24.4. The van der Waals surface area contributed by atoms with Crippen LogP contribution < -0.4 is 10.7 Å². The summed E-state index contributed by atoms with van der Waals surface area (Å²) in [6.07, 6.45) is 3.24. The maximum Gasteiger partial charge on any atom is 0.329 e. The third-order valence-electron chi connectivity index (χ3n) is 4.86. The number of amides is 2. The minimum Gasteiger partial charge on any atom is -0.316 e. The fourth-order valence-electron chi connectivity index (χ4n) is 3.12. The Kier molecular flexibility index (Phi) is 7.06. The van der Waals surface area contributed by atoms with E-state index in [4.69, 9.17) is 28.3 Å². The van der Waals surface area contributed by atoms with Gasteiger partial charge in [-0.2, -0.15) is 10.2 Å². The number of anilines is 1. The van der Waals surface area contributed by atoms with Crippen molar-refractivity contribution in [1.82, 2.24) is 15.2 Å². The van der Waals surface area contributed by atoms with E-state index in [-0.39, 0.29) is 15.7 Å². The van der Waals surface area contributed by atoms with E-state index in [1.807, 2.05) is 61.5 Å². The van der Waals surface area contributed by atoms with Crippen molar-refractivity contribution >= 4 is 46.9 Å². The van der Waals surface area contributed by atoms with Gasteiger partial charge in [-0.1, -0.05) is 77.3 Å². The third kappa shape index (κ3) is 5.33. The lowest BCUT2D eigenvalue weighted by Crippen LogP contribution is -2.32. The van der Waals surface area contributed by atoms with Gasteiger partial charge in [-0.25, -0.2) is 10.1 Å². The van der Waals surface area contributed by atoms with Gasteiger partial charge in [0.2, 0.25) is 0 Å². The molecule has 0 aliphatic rings. The molecule has 1 aromatic heterocycles. The van der Waals surface area contributed by atoms with Gasteiger partial charge in [0.05, 0.1) is 27.6 Å². The highest BCUT2D eigenvalue weighted by molar-refractivity contribution is 6.45. The Morgan fingerprint density at radius 3 is 2.41 bits per heavy atom. The van der Waals surface area contributed by atoms with E-state index in [1.54, 1.807) is 23.0 Å². The molecule has 1 heterocycles. The molecule has 0 radical (unpaired) electrons. The second-order valence-electron chi connectivity index (χ2n) is 7.33.